The topological polar surface area (TPSA) is 46.1 Å². The zero-order valence-corrected chi connectivity index (χ0v) is 12.7. The van der Waals surface area contributed by atoms with Gasteiger partial charge in [0.25, 0.3) is 0 Å². The van der Waals surface area contributed by atoms with E-state index in [1.807, 2.05) is 47.3 Å². The van der Waals surface area contributed by atoms with Gasteiger partial charge in [-0.3, -0.25) is 4.79 Å². The monoisotopic (exact) mass is 285 g/mol. The molecule has 112 valence electrons. The van der Waals surface area contributed by atoms with Crippen molar-refractivity contribution in [3.63, 3.8) is 0 Å². The van der Waals surface area contributed by atoms with E-state index in [4.69, 9.17) is 0 Å². The maximum absolute atomic E-state index is 11.9. The molecule has 1 aromatic carbocycles. The Morgan fingerprint density at radius 2 is 2.00 bits per heavy atom. The molecular weight excluding hydrogens is 262 g/mol. The lowest BCUT2D eigenvalue weighted by Gasteiger charge is -2.10. The standard InChI is InChI=1S/C17H23N3O/c1-3-18-14(2)16-9-10-20(12-16)13-17(21)19-11-15-7-5-4-6-8-15/h4-10,12,14,18H,3,11,13H2,1-2H3,(H,19,21). The molecule has 0 aliphatic heterocycles. The predicted molar refractivity (Wildman–Crippen MR) is 84.8 cm³/mol. The largest absolute Gasteiger partial charge is 0.350 e. The van der Waals surface area contributed by atoms with Crippen LogP contribution in [0, 0.1) is 0 Å². The van der Waals surface area contributed by atoms with Gasteiger partial charge in [0.1, 0.15) is 6.54 Å². The number of amides is 1. The molecular formula is C17H23N3O. The molecule has 4 heteroatoms. The second-order valence-corrected chi connectivity index (χ2v) is 5.16. The number of nitrogens with zero attached hydrogens (tertiary/aromatic N) is 1. The van der Waals surface area contributed by atoms with Crippen molar-refractivity contribution in [3.8, 4) is 0 Å². The lowest BCUT2D eigenvalue weighted by atomic mass is 10.2. The second-order valence-electron chi connectivity index (χ2n) is 5.16. The SMILES string of the molecule is CCNC(C)c1ccn(CC(=O)NCc2ccccc2)c1. The third kappa shape index (κ3) is 4.76. The molecule has 2 rings (SSSR count). The molecule has 1 heterocycles. The predicted octanol–water partition coefficient (Wildman–Crippen LogP) is 2.47. The van der Waals surface area contributed by atoms with E-state index in [0.717, 1.165) is 12.1 Å². The lowest BCUT2D eigenvalue weighted by Crippen LogP contribution is -2.26. The molecule has 1 unspecified atom stereocenters. The number of hydrogen-bond acceptors (Lipinski definition) is 2. The van der Waals surface area contributed by atoms with Crippen LogP contribution in [0.15, 0.2) is 48.8 Å². The number of nitrogens with one attached hydrogen (secondary N) is 2. The number of carbonyl (C=O) groups is 1. The van der Waals surface area contributed by atoms with Gasteiger partial charge in [-0.1, -0.05) is 37.3 Å². The number of hydrogen-bond donors (Lipinski definition) is 2. The smallest absolute Gasteiger partial charge is 0.240 e. The number of carbonyl (C=O) groups excluding carboxylic acids is 1. The molecule has 21 heavy (non-hydrogen) atoms. The molecule has 0 aliphatic carbocycles. The fourth-order valence-electron chi connectivity index (χ4n) is 2.26. The van der Waals surface area contributed by atoms with Crippen molar-refractivity contribution in [2.75, 3.05) is 6.54 Å². The van der Waals surface area contributed by atoms with Crippen LogP contribution < -0.4 is 10.6 Å². The Morgan fingerprint density at radius 1 is 1.24 bits per heavy atom. The zero-order chi connectivity index (χ0) is 15.1. The summed E-state index contributed by atoms with van der Waals surface area (Å²) in [4.78, 5) is 11.9. The van der Waals surface area contributed by atoms with E-state index in [1.165, 1.54) is 5.56 Å². The summed E-state index contributed by atoms with van der Waals surface area (Å²) in [5.74, 6) is 0.0251. The Bertz CT molecular complexity index is 562. The molecule has 0 saturated carbocycles. The summed E-state index contributed by atoms with van der Waals surface area (Å²) in [5.41, 5.74) is 2.31. The Balaban J connectivity index is 1.83. The molecule has 1 amide bonds. The summed E-state index contributed by atoms with van der Waals surface area (Å²) >= 11 is 0. The Labute approximate surface area is 126 Å². The first-order valence-corrected chi connectivity index (χ1v) is 7.38. The molecule has 0 radical (unpaired) electrons. The van der Waals surface area contributed by atoms with Crippen molar-refractivity contribution in [2.45, 2.75) is 33.0 Å². The van der Waals surface area contributed by atoms with Crippen LogP contribution in [0.1, 0.15) is 31.0 Å². The molecule has 2 N–H and O–H groups in total. The van der Waals surface area contributed by atoms with Crippen LogP contribution in [0.25, 0.3) is 0 Å². The van der Waals surface area contributed by atoms with Crippen molar-refractivity contribution in [2.24, 2.45) is 0 Å². The summed E-state index contributed by atoms with van der Waals surface area (Å²) in [5, 5.41) is 6.30. The van der Waals surface area contributed by atoms with E-state index in [2.05, 4.69) is 30.5 Å². The van der Waals surface area contributed by atoms with Crippen LogP contribution in [0.3, 0.4) is 0 Å². The quantitative estimate of drug-likeness (QED) is 0.821. The molecule has 2 aromatic rings. The third-order valence-electron chi connectivity index (χ3n) is 3.44. The minimum atomic E-state index is 0.0251. The Hall–Kier alpha value is -2.07. The Kier molecular flexibility index (Phi) is 5.58. The fourth-order valence-corrected chi connectivity index (χ4v) is 2.26. The number of rotatable bonds is 7. The first kappa shape index (κ1) is 15.3. The van der Waals surface area contributed by atoms with E-state index < -0.39 is 0 Å². The van der Waals surface area contributed by atoms with Gasteiger partial charge in [0.05, 0.1) is 0 Å². The van der Waals surface area contributed by atoms with Gasteiger partial charge in [-0.15, -0.1) is 0 Å². The molecule has 0 aliphatic rings. The minimum Gasteiger partial charge on any atom is -0.350 e. The summed E-state index contributed by atoms with van der Waals surface area (Å²) in [7, 11) is 0. The van der Waals surface area contributed by atoms with E-state index in [-0.39, 0.29) is 5.91 Å². The second kappa shape index (κ2) is 7.64. The van der Waals surface area contributed by atoms with Crippen molar-refractivity contribution in [1.29, 1.82) is 0 Å². The van der Waals surface area contributed by atoms with Crippen molar-refractivity contribution in [3.05, 3.63) is 59.9 Å². The first-order valence-electron chi connectivity index (χ1n) is 7.38. The highest BCUT2D eigenvalue weighted by Crippen LogP contribution is 2.12. The number of benzene rings is 1. The zero-order valence-electron chi connectivity index (χ0n) is 12.7. The van der Waals surface area contributed by atoms with Crippen LogP contribution in [0.4, 0.5) is 0 Å². The summed E-state index contributed by atoms with van der Waals surface area (Å²) in [6, 6.07) is 12.3. The molecule has 4 nitrogen and oxygen atoms in total. The minimum absolute atomic E-state index is 0.0251. The maximum Gasteiger partial charge on any atom is 0.240 e. The van der Waals surface area contributed by atoms with E-state index in [1.54, 1.807) is 0 Å². The molecule has 0 fully saturated rings. The van der Waals surface area contributed by atoms with E-state index >= 15 is 0 Å². The van der Waals surface area contributed by atoms with Crippen molar-refractivity contribution >= 4 is 5.91 Å². The molecule has 0 bridgehead atoms. The van der Waals surface area contributed by atoms with E-state index in [9.17, 15) is 4.79 Å². The van der Waals surface area contributed by atoms with Gasteiger partial charge < -0.3 is 15.2 Å². The average molecular weight is 285 g/mol. The normalized spacial score (nSPS) is 12.1. The van der Waals surface area contributed by atoms with Gasteiger partial charge >= 0.3 is 0 Å². The fraction of sp³-hybridized carbons (Fsp3) is 0.353. The number of aromatic nitrogens is 1. The molecule has 0 saturated heterocycles. The average Bonchev–Trinajstić information content (AvgIpc) is 2.95. The highest BCUT2D eigenvalue weighted by Gasteiger charge is 2.07. The molecule has 1 atom stereocenters. The summed E-state index contributed by atoms with van der Waals surface area (Å²) in [6.07, 6.45) is 3.97. The highest BCUT2D eigenvalue weighted by molar-refractivity contribution is 5.75. The van der Waals surface area contributed by atoms with Crippen LogP contribution >= 0.6 is 0 Å². The van der Waals surface area contributed by atoms with Crippen molar-refractivity contribution in [1.82, 2.24) is 15.2 Å². The van der Waals surface area contributed by atoms with Gasteiger partial charge in [-0.2, -0.15) is 0 Å². The first-order chi connectivity index (χ1) is 10.2. The molecule has 1 aromatic heterocycles. The van der Waals surface area contributed by atoms with Gasteiger partial charge in [-0.05, 0) is 30.7 Å². The highest BCUT2D eigenvalue weighted by atomic mass is 16.1. The van der Waals surface area contributed by atoms with Crippen LogP contribution in [0.5, 0.6) is 0 Å². The Morgan fingerprint density at radius 3 is 2.71 bits per heavy atom. The van der Waals surface area contributed by atoms with Crippen LogP contribution in [0.2, 0.25) is 0 Å². The van der Waals surface area contributed by atoms with Gasteiger partial charge in [0.2, 0.25) is 5.91 Å². The van der Waals surface area contributed by atoms with Gasteiger partial charge in [-0.25, -0.2) is 0 Å². The van der Waals surface area contributed by atoms with Gasteiger partial charge in [0, 0.05) is 25.0 Å². The summed E-state index contributed by atoms with van der Waals surface area (Å²) in [6.45, 7) is 6.07. The van der Waals surface area contributed by atoms with E-state index in [0.29, 0.717) is 19.1 Å². The maximum atomic E-state index is 11.9. The van der Waals surface area contributed by atoms with Crippen LogP contribution in [-0.4, -0.2) is 17.0 Å². The lowest BCUT2D eigenvalue weighted by molar-refractivity contribution is -0.121. The van der Waals surface area contributed by atoms with Gasteiger partial charge in [0.15, 0.2) is 0 Å². The van der Waals surface area contributed by atoms with Crippen LogP contribution in [-0.2, 0) is 17.9 Å². The molecule has 0 spiro atoms. The third-order valence-corrected chi connectivity index (χ3v) is 3.44. The van der Waals surface area contributed by atoms with Crippen molar-refractivity contribution < 1.29 is 4.79 Å². The summed E-state index contributed by atoms with van der Waals surface area (Å²) < 4.78 is 1.92.